The molecule has 2 aliphatic rings. The number of fused-ring (bicyclic) bond motifs is 8. The van der Waals surface area contributed by atoms with Gasteiger partial charge < -0.3 is 9.97 Å². The highest BCUT2D eigenvalue weighted by molar-refractivity contribution is 5.82. The van der Waals surface area contributed by atoms with E-state index in [-0.39, 0.29) is 0 Å². The summed E-state index contributed by atoms with van der Waals surface area (Å²) < 4.78 is 16.0. The second kappa shape index (κ2) is 7.71. The number of aryl methyl sites for hydroxylation is 3. The summed E-state index contributed by atoms with van der Waals surface area (Å²) in [6.45, 7) is 8.44. The first kappa shape index (κ1) is 19.8. The van der Waals surface area contributed by atoms with Gasteiger partial charge in [0.2, 0.25) is 0 Å². The third-order valence-electron chi connectivity index (χ3n) is 5.80. The van der Waals surface area contributed by atoms with Crippen molar-refractivity contribution in [3.05, 3.63) is 69.3 Å². The summed E-state index contributed by atoms with van der Waals surface area (Å²) in [5, 5.41) is 0. The smallest absolute Gasteiger partial charge is 0.0688 e. The highest BCUT2D eigenvalue weighted by atomic mass is 20.0. The van der Waals surface area contributed by atoms with Crippen LogP contribution in [0.2, 0.25) is 0 Å². The van der Waals surface area contributed by atoms with E-state index in [2.05, 4.69) is 86.2 Å². The molecule has 0 saturated heterocycles. The number of nitrogens with zero attached hydrogens (tertiary/aromatic N) is 2. The van der Waals surface area contributed by atoms with Gasteiger partial charge in [0.1, 0.15) is 0 Å². The minimum atomic E-state index is 0.973. The molecular formula is C24H22F2N4. The molecule has 2 N–H and O–H groups in total. The molecule has 3 aromatic heterocycles. The van der Waals surface area contributed by atoms with E-state index in [4.69, 9.17) is 19.1 Å². The lowest BCUT2D eigenvalue weighted by molar-refractivity contribution is 0.108. The minimum Gasteiger partial charge on any atom is -0.355 e. The zero-order valence-corrected chi connectivity index (χ0v) is 17.3. The molecule has 0 saturated carbocycles. The largest absolute Gasteiger partial charge is 0.355 e. The summed E-state index contributed by atoms with van der Waals surface area (Å²) in [5.41, 5.74) is 12.9. The number of aromatic nitrogens is 4. The van der Waals surface area contributed by atoms with Crippen LogP contribution in [-0.2, 0) is 0 Å². The average Bonchev–Trinajstić information content (AvgIpc) is 3.58. The summed E-state index contributed by atoms with van der Waals surface area (Å²) in [4.78, 5) is 16.8. The summed E-state index contributed by atoms with van der Waals surface area (Å²) in [6, 6.07) is 8.52. The molecule has 2 aliphatic heterocycles. The third-order valence-corrected chi connectivity index (χ3v) is 5.80. The Kier molecular flexibility index (Phi) is 5.08. The summed E-state index contributed by atoms with van der Waals surface area (Å²) >= 11 is 0. The molecule has 0 atom stereocenters. The van der Waals surface area contributed by atoms with Gasteiger partial charge in [0.15, 0.2) is 0 Å². The average molecular weight is 404 g/mol. The van der Waals surface area contributed by atoms with Crippen LogP contribution in [0.4, 0.5) is 9.15 Å². The molecular weight excluding hydrogens is 382 g/mol. The van der Waals surface area contributed by atoms with E-state index in [0.717, 1.165) is 61.5 Å². The van der Waals surface area contributed by atoms with Crippen molar-refractivity contribution in [3.63, 3.8) is 0 Å². The van der Waals surface area contributed by atoms with E-state index in [0.29, 0.717) is 0 Å². The van der Waals surface area contributed by atoms with Crippen LogP contribution in [0.5, 0.6) is 0 Å². The molecule has 5 rings (SSSR count). The van der Waals surface area contributed by atoms with Gasteiger partial charge in [0, 0.05) is 36.8 Å². The predicted octanol–water partition coefficient (Wildman–Crippen LogP) is 6.73. The first-order valence-electron chi connectivity index (χ1n) is 9.68. The van der Waals surface area contributed by atoms with Crippen molar-refractivity contribution in [1.82, 2.24) is 19.9 Å². The Balaban J connectivity index is 0.00000106. The Labute approximate surface area is 172 Å². The number of aromatic amines is 2. The van der Waals surface area contributed by atoms with Crippen molar-refractivity contribution < 1.29 is 9.15 Å². The predicted molar refractivity (Wildman–Crippen MR) is 120 cm³/mol. The molecule has 0 aliphatic carbocycles. The number of rotatable bonds is 0. The maximum atomic E-state index is 8.00. The molecule has 8 bridgehead atoms. The van der Waals surface area contributed by atoms with Gasteiger partial charge in [0.25, 0.3) is 0 Å². The summed E-state index contributed by atoms with van der Waals surface area (Å²) in [5.74, 6) is 0. The van der Waals surface area contributed by atoms with Crippen molar-refractivity contribution in [2.24, 2.45) is 0 Å². The maximum Gasteiger partial charge on any atom is 0.0688 e. The van der Waals surface area contributed by atoms with Crippen LogP contribution >= 0.6 is 0 Å². The van der Waals surface area contributed by atoms with Crippen molar-refractivity contribution >= 4 is 46.4 Å². The normalized spacial score (nSPS) is 12.1. The lowest BCUT2D eigenvalue weighted by Crippen LogP contribution is -1.88. The zero-order valence-electron chi connectivity index (χ0n) is 17.3. The van der Waals surface area contributed by atoms with Gasteiger partial charge in [-0.15, -0.1) is 0 Å². The topological polar surface area (TPSA) is 57.4 Å². The van der Waals surface area contributed by atoms with Gasteiger partial charge in [-0.05, 0) is 93.0 Å². The summed E-state index contributed by atoms with van der Waals surface area (Å²) in [7, 11) is 0. The summed E-state index contributed by atoms with van der Waals surface area (Å²) in [6.07, 6.45) is 8.33. The van der Waals surface area contributed by atoms with E-state index in [1.807, 2.05) is 0 Å². The maximum absolute atomic E-state index is 8.00. The van der Waals surface area contributed by atoms with Crippen LogP contribution in [0.1, 0.15) is 45.0 Å². The SMILES string of the molecule is Cc1c2nc(c(C)c3ccc([nH]3)c(C)c3ccc([nH]3)c(C)c3nc1C=C3)C=C2.FF. The third kappa shape index (κ3) is 3.24. The van der Waals surface area contributed by atoms with Crippen LogP contribution < -0.4 is 0 Å². The second-order valence-corrected chi connectivity index (χ2v) is 7.50. The fraction of sp³-hybridized carbons (Fsp3) is 0.167. The van der Waals surface area contributed by atoms with Gasteiger partial charge in [-0.2, -0.15) is 0 Å². The molecule has 0 fully saturated rings. The lowest BCUT2D eigenvalue weighted by atomic mass is 10.2. The van der Waals surface area contributed by atoms with E-state index < -0.39 is 0 Å². The van der Waals surface area contributed by atoms with Gasteiger partial charge >= 0.3 is 0 Å². The van der Waals surface area contributed by atoms with Crippen LogP contribution in [0.3, 0.4) is 0 Å². The molecule has 0 aromatic carbocycles. The molecule has 0 unspecified atom stereocenters. The Morgan fingerprint density at radius 2 is 0.800 bits per heavy atom. The molecule has 0 amide bonds. The van der Waals surface area contributed by atoms with E-state index in [9.17, 15) is 0 Å². The van der Waals surface area contributed by atoms with Crippen LogP contribution in [-0.4, -0.2) is 19.9 Å². The first-order valence-corrected chi connectivity index (χ1v) is 9.68. The number of hydrogen-bond donors (Lipinski definition) is 2. The van der Waals surface area contributed by atoms with Gasteiger partial charge in [-0.25, -0.2) is 9.97 Å². The number of halogens is 2. The molecule has 3 aromatic rings. The number of H-pyrrole nitrogens is 2. The van der Waals surface area contributed by atoms with Crippen molar-refractivity contribution in [2.45, 2.75) is 27.7 Å². The molecule has 5 heterocycles. The van der Waals surface area contributed by atoms with Gasteiger partial charge in [0.05, 0.1) is 22.8 Å². The van der Waals surface area contributed by atoms with Gasteiger partial charge in [-0.1, -0.05) is 0 Å². The van der Waals surface area contributed by atoms with E-state index in [1.54, 1.807) is 0 Å². The highest BCUT2D eigenvalue weighted by Crippen LogP contribution is 2.25. The lowest BCUT2D eigenvalue weighted by Gasteiger charge is -1.97. The second-order valence-electron chi connectivity index (χ2n) is 7.50. The molecule has 0 radical (unpaired) electrons. The Bertz CT molecular complexity index is 1260. The van der Waals surface area contributed by atoms with E-state index in [1.165, 1.54) is 5.56 Å². The molecule has 0 spiro atoms. The first-order chi connectivity index (χ1) is 14.5. The van der Waals surface area contributed by atoms with Gasteiger partial charge in [-0.3, -0.25) is 0 Å². The molecule has 30 heavy (non-hydrogen) atoms. The fourth-order valence-corrected chi connectivity index (χ4v) is 3.78. The Morgan fingerprint density at radius 1 is 0.500 bits per heavy atom. The standard InChI is InChI=1S/C24H22N4.F2/c1-13-17-5-7-19(25-17)14(2)21-9-11-23(27-21)16(4)24-12-10-22(28-24)15(3)20-8-6-18(13)26-20;1-2/h5-12,25-26H,1-4H3;. The highest BCUT2D eigenvalue weighted by Gasteiger charge is 2.11. The van der Waals surface area contributed by atoms with Crippen molar-refractivity contribution in [2.75, 3.05) is 0 Å². The number of nitrogens with one attached hydrogen (secondary N) is 2. The molecule has 152 valence electrons. The Morgan fingerprint density at radius 3 is 1.17 bits per heavy atom. The molecule has 6 heteroatoms. The number of hydrogen-bond acceptors (Lipinski definition) is 2. The Hall–Kier alpha value is -3.54. The van der Waals surface area contributed by atoms with Crippen LogP contribution in [0.15, 0.2) is 24.3 Å². The minimum absolute atomic E-state index is 0.973. The van der Waals surface area contributed by atoms with Crippen molar-refractivity contribution in [1.29, 1.82) is 0 Å². The van der Waals surface area contributed by atoms with Crippen molar-refractivity contribution in [3.8, 4) is 0 Å². The molecule has 4 nitrogen and oxygen atoms in total. The zero-order chi connectivity index (χ0) is 21.4. The van der Waals surface area contributed by atoms with Crippen LogP contribution in [0.25, 0.3) is 46.4 Å². The monoisotopic (exact) mass is 404 g/mol. The quantitative estimate of drug-likeness (QED) is 0.301. The fourth-order valence-electron chi connectivity index (χ4n) is 3.78. The van der Waals surface area contributed by atoms with E-state index >= 15 is 0 Å². The van der Waals surface area contributed by atoms with Crippen LogP contribution in [0, 0.1) is 27.7 Å².